The van der Waals surface area contributed by atoms with Gasteiger partial charge in [0.1, 0.15) is 0 Å². The normalized spacial score (nSPS) is 19.0. The summed E-state index contributed by atoms with van der Waals surface area (Å²) in [4.78, 5) is 6.32. The lowest BCUT2D eigenvalue weighted by atomic mass is 9.98. The van der Waals surface area contributed by atoms with Gasteiger partial charge in [-0.3, -0.25) is 4.90 Å². The monoisotopic (exact) mass is 290 g/mol. The third kappa shape index (κ3) is 2.15. The molecule has 112 valence electrons. The van der Waals surface area contributed by atoms with Crippen molar-refractivity contribution >= 4 is 10.9 Å². The molecule has 0 aliphatic carbocycles. The van der Waals surface area contributed by atoms with Crippen LogP contribution < -0.4 is 0 Å². The molecule has 0 unspecified atom stereocenters. The van der Waals surface area contributed by atoms with Crippen molar-refractivity contribution in [3.8, 4) is 0 Å². The van der Waals surface area contributed by atoms with E-state index in [0.29, 0.717) is 6.04 Å². The number of fused-ring (bicyclic) bond motifs is 3. The Morgan fingerprint density at radius 1 is 1.05 bits per heavy atom. The number of nitrogens with zero attached hydrogens (tertiary/aromatic N) is 1. The Bertz CT molecular complexity index is 773. The van der Waals surface area contributed by atoms with Crippen LogP contribution in [-0.2, 0) is 6.42 Å². The largest absolute Gasteiger partial charge is 0.357 e. The van der Waals surface area contributed by atoms with E-state index in [-0.39, 0.29) is 0 Å². The molecule has 0 bridgehead atoms. The summed E-state index contributed by atoms with van der Waals surface area (Å²) < 4.78 is 0. The zero-order valence-electron chi connectivity index (χ0n) is 13.0. The van der Waals surface area contributed by atoms with E-state index in [1.807, 2.05) is 0 Å². The molecule has 2 heteroatoms. The van der Waals surface area contributed by atoms with Crippen molar-refractivity contribution in [3.63, 3.8) is 0 Å². The van der Waals surface area contributed by atoms with Gasteiger partial charge in [0.25, 0.3) is 0 Å². The maximum atomic E-state index is 3.73. The van der Waals surface area contributed by atoms with Crippen molar-refractivity contribution in [3.05, 3.63) is 71.4 Å². The summed E-state index contributed by atoms with van der Waals surface area (Å²) in [6.07, 6.45) is 2.39. The number of para-hydroxylation sites is 1. The van der Waals surface area contributed by atoms with Crippen LogP contribution in [0.1, 0.15) is 36.2 Å². The minimum Gasteiger partial charge on any atom is -0.357 e. The van der Waals surface area contributed by atoms with E-state index in [2.05, 4.69) is 71.4 Å². The number of aromatic amines is 1. The van der Waals surface area contributed by atoms with Gasteiger partial charge in [0.05, 0.1) is 6.04 Å². The second-order valence-electron chi connectivity index (χ2n) is 6.11. The molecule has 1 aliphatic rings. The topological polar surface area (TPSA) is 19.0 Å². The fourth-order valence-corrected chi connectivity index (χ4v) is 3.85. The Balaban J connectivity index is 1.94. The van der Waals surface area contributed by atoms with Crippen LogP contribution in [0.2, 0.25) is 0 Å². The fourth-order valence-electron chi connectivity index (χ4n) is 3.85. The smallest absolute Gasteiger partial charge is 0.0757 e. The number of hydrogen-bond donors (Lipinski definition) is 1. The third-order valence-corrected chi connectivity index (χ3v) is 4.88. The Morgan fingerprint density at radius 2 is 1.82 bits per heavy atom. The average molecular weight is 290 g/mol. The molecule has 3 aromatic rings. The molecule has 1 atom stereocenters. The van der Waals surface area contributed by atoms with Gasteiger partial charge < -0.3 is 4.98 Å². The lowest BCUT2D eigenvalue weighted by Gasteiger charge is -2.29. The number of benzene rings is 2. The Hall–Kier alpha value is -2.06. The SMILES string of the molecule is CCN1CCCc2c([nH]c3ccccc23)[C@H]1c1ccccc1. The summed E-state index contributed by atoms with van der Waals surface area (Å²) >= 11 is 0. The van der Waals surface area contributed by atoms with Crippen LogP contribution in [-0.4, -0.2) is 23.0 Å². The summed E-state index contributed by atoms with van der Waals surface area (Å²) in [6, 6.07) is 20.0. The number of hydrogen-bond acceptors (Lipinski definition) is 1. The van der Waals surface area contributed by atoms with Crippen LogP contribution in [0.3, 0.4) is 0 Å². The maximum Gasteiger partial charge on any atom is 0.0757 e. The maximum absolute atomic E-state index is 3.73. The minimum atomic E-state index is 0.344. The number of H-pyrrole nitrogens is 1. The molecule has 0 amide bonds. The van der Waals surface area contributed by atoms with E-state index >= 15 is 0 Å². The van der Waals surface area contributed by atoms with E-state index < -0.39 is 0 Å². The van der Waals surface area contributed by atoms with Crippen LogP contribution >= 0.6 is 0 Å². The van der Waals surface area contributed by atoms with Gasteiger partial charge in [-0.15, -0.1) is 0 Å². The molecule has 1 aliphatic heterocycles. The van der Waals surface area contributed by atoms with Crippen molar-refractivity contribution < 1.29 is 0 Å². The highest BCUT2D eigenvalue weighted by atomic mass is 15.2. The van der Waals surface area contributed by atoms with Crippen LogP contribution in [0.25, 0.3) is 10.9 Å². The molecule has 22 heavy (non-hydrogen) atoms. The zero-order valence-corrected chi connectivity index (χ0v) is 13.0. The first-order valence-corrected chi connectivity index (χ1v) is 8.27. The zero-order chi connectivity index (χ0) is 14.9. The van der Waals surface area contributed by atoms with E-state index in [9.17, 15) is 0 Å². The van der Waals surface area contributed by atoms with Crippen molar-refractivity contribution in [2.45, 2.75) is 25.8 Å². The summed E-state index contributed by atoms with van der Waals surface area (Å²) in [6.45, 7) is 4.50. The second kappa shape index (κ2) is 5.62. The van der Waals surface area contributed by atoms with Gasteiger partial charge in [-0.25, -0.2) is 0 Å². The molecule has 2 heterocycles. The molecule has 0 fully saturated rings. The Kier molecular flexibility index (Phi) is 3.47. The molecule has 0 radical (unpaired) electrons. The highest BCUT2D eigenvalue weighted by molar-refractivity contribution is 5.85. The van der Waals surface area contributed by atoms with Gasteiger partial charge in [0.15, 0.2) is 0 Å². The number of aromatic nitrogens is 1. The van der Waals surface area contributed by atoms with Crippen LogP contribution in [0, 0.1) is 0 Å². The summed E-state index contributed by atoms with van der Waals surface area (Å²) in [7, 11) is 0. The van der Waals surface area contributed by atoms with Crippen LogP contribution in [0.15, 0.2) is 54.6 Å². The molecule has 2 aromatic carbocycles. The second-order valence-corrected chi connectivity index (χ2v) is 6.11. The van der Waals surface area contributed by atoms with E-state index in [0.717, 1.165) is 13.1 Å². The van der Waals surface area contributed by atoms with Gasteiger partial charge in [0, 0.05) is 16.6 Å². The van der Waals surface area contributed by atoms with Crippen LogP contribution in [0.5, 0.6) is 0 Å². The fraction of sp³-hybridized carbons (Fsp3) is 0.300. The van der Waals surface area contributed by atoms with Crippen molar-refractivity contribution in [1.29, 1.82) is 0 Å². The molecule has 0 saturated heterocycles. The summed E-state index contributed by atoms with van der Waals surface area (Å²) in [5, 5.41) is 1.40. The lowest BCUT2D eigenvalue weighted by molar-refractivity contribution is 0.239. The lowest BCUT2D eigenvalue weighted by Crippen LogP contribution is -2.29. The number of aryl methyl sites for hydroxylation is 1. The quantitative estimate of drug-likeness (QED) is 0.735. The molecule has 0 spiro atoms. The first-order valence-electron chi connectivity index (χ1n) is 8.27. The molecule has 0 saturated carbocycles. The standard InChI is InChI=1S/C20H22N2/c1-2-22-14-8-12-17-16-11-6-7-13-18(16)21-19(17)20(22)15-9-4-3-5-10-15/h3-7,9-11,13,20-21H,2,8,12,14H2,1H3/t20-/m1/s1. The summed E-state index contributed by atoms with van der Waals surface area (Å²) in [5.74, 6) is 0. The van der Waals surface area contributed by atoms with Gasteiger partial charge >= 0.3 is 0 Å². The highest BCUT2D eigenvalue weighted by Gasteiger charge is 2.28. The molecule has 1 aromatic heterocycles. The van der Waals surface area contributed by atoms with Gasteiger partial charge in [-0.05, 0) is 43.1 Å². The van der Waals surface area contributed by atoms with Crippen LogP contribution in [0.4, 0.5) is 0 Å². The van der Waals surface area contributed by atoms with Gasteiger partial charge in [-0.1, -0.05) is 55.5 Å². The molecular weight excluding hydrogens is 268 g/mol. The average Bonchev–Trinajstić information content (AvgIpc) is 2.83. The van der Waals surface area contributed by atoms with E-state index in [1.54, 1.807) is 0 Å². The van der Waals surface area contributed by atoms with E-state index in [1.165, 1.54) is 40.6 Å². The Labute approximate surface area is 131 Å². The number of rotatable bonds is 2. The predicted octanol–water partition coefficient (Wildman–Crippen LogP) is 4.53. The number of nitrogens with one attached hydrogen (secondary N) is 1. The molecular formula is C20H22N2. The highest BCUT2D eigenvalue weighted by Crippen LogP contribution is 2.37. The van der Waals surface area contributed by atoms with Crippen molar-refractivity contribution in [2.75, 3.05) is 13.1 Å². The first kappa shape index (κ1) is 13.6. The third-order valence-electron chi connectivity index (χ3n) is 4.88. The molecule has 2 nitrogen and oxygen atoms in total. The van der Waals surface area contributed by atoms with Gasteiger partial charge in [-0.2, -0.15) is 0 Å². The molecule has 1 N–H and O–H groups in total. The van der Waals surface area contributed by atoms with Crippen molar-refractivity contribution in [2.24, 2.45) is 0 Å². The predicted molar refractivity (Wildman–Crippen MR) is 92.2 cm³/mol. The van der Waals surface area contributed by atoms with Crippen molar-refractivity contribution in [1.82, 2.24) is 9.88 Å². The summed E-state index contributed by atoms with van der Waals surface area (Å²) in [5.41, 5.74) is 5.57. The first-order chi connectivity index (χ1) is 10.9. The van der Waals surface area contributed by atoms with E-state index in [4.69, 9.17) is 0 Å². The molecule has 4 rings (SSSR count). The minimum absolute atomic E-state index is 0.344. The van der Waals surface area contributed by atoms with Gasteiger partial charge in [0.2, 0.25) is 0 Å². The Morgan fingerprint density at radius 3 is 2.64 bits per heavy atom.